The predicted molar refractivity (Wildman–Crippen MR) is 77.3 cm³/mol. The van der Waals surface area contributed by atoms with Crippen LogP contribution in [0.4, 0.5) is 5.69 Å². The van der Waals surface area contributed by atoms with Crippen LogP contribution < -0.4 is 10.2 Å². The second-order valence-electron chi connectivity index (χ2n) is 4.97. The van der Waals surface area contributed by atoms with Crippen LogP contribution in [-0.4, -0.2) is 19.3 Å². The molecule has 102 valence electrons. The number of nitrogens with zero attached hydrogens (tertiary/aromatic N) is 2. The Labute approximate surface area is 114 Å². The third-order valence-corrected chi connectivity index (χ3v) is 3.26. The van der Waals surface area contributed by atoms with Crippen molar-refractivity contribution in [3.63, 3.8) is 0 Å². The lowest BCUT2D eigenvalue weighted by Crippen LogP contribution is -2.14. The first kappa shape index (κ1) is 13.6. The van der Waals surface area contributed by atoms with Crippen molar-refractivity contribution in [2.45, 2.75) is 26.9 Å². The Morgan fingerprint density at radius 2 is 1.79 bits per heavy atom. The minimum absolute atomic E-state index is 0.788. The second kappa shape index (κ2) is 5.89. The third-order valence-electron chi connectivity index (χ3n) is 3.26. The molecular weight excluding hydrogens is 238 g/mol. The molecule has 0 aliphatic heterocycles. The number of nitrogens with one attached hydrogen (secondary N) is 1. The number of anilines is 1. The molecule has 0 radical (unpaired) electrons. The molecule has 0 amide bonds. The quantitative estimate of drug-likeness (QED) is 0.896. The van der Waals surface area contributed by atoms with E-state index in [1.165, 1.54) is 11.3 Å². The monoisotopic (exact) mass is 259 g/mol. The number of aromatic nitrogens is 1. The van der Waals surface area contributed by atoms with E-state index in [2.05, 4.69) is 39.6 Å². The lowest BCUT2D eigenvalue weighted by molar-refractivity contribution is 0.392. The molecular formula is C15H21N3O. The first-order chi connectivity index (χ1) is 9.08. The highest BCUT2D eigenvalue weighted by atomic mass is 16.5. The molecule has 1 aromatic carbocycles. The van der Waals surface area contributed by atoms with Gasteiger partial charge in [-0.05, 0) is 31.5 Å². The van der Waals surface area contributed by atoms with Crippen LogP contribution in [0.3, 0.4) is 0 Å². The highest BCUT2D eigenvalue weighted by Crippen LogP contribution is 2.14. The maximum absolute atomic E-state index is 5.14. The van der Waals surface area contributed by atoms with E-state index in [-0.39, 0.29) is 0 Å². The first-order valence-electron chi connectivity index (χ1n) is 6.46. The second-order valence-corrected chi connectivity index (χ2v) is 4.97. The van der Waals surface area contributed by atoms with E-state index in [0.29, 0.717) is 0 Å². The van der Waals surface area contributed by atoms with Gasteiger partial charge < -0.3 is 14.7 Å². The fraction of sp³-hybridized carbons (Fsp3) is 0.400. The average Bonchev–Trinajstić information content (AvgIpc) is 2.71. The van der Waals surface area contributed by atoms with Crippen molar-refractivity contribution in [3.05, 3.63) is 46.8 Å². The van der Waals surface area contributed by atoms with Gasteiger partial charge in [0.15, 0.2) is 0 Å². The molecule has 2 rings (SSSR count). The van der Waals surface area contributed by atoms with E-state index in [4.69, 9.17) is 4.52 Å². The van der Waals surface area contributed by atoms with E-state index >= 15 is 0 Å². The summed E-state index contributed by atoms with van der Waals surface area (Å²) in [5, 5.41) is 7.37. The van der Waals surface area contributed by atoms with Crippen molar-refractivity contribution >= 4 is 5.69 Å². The Morgan fingerprint density at radius 1 is 1.11 bits per heavy atom. The van der Waals surface area contributed by atoms with Crippen molar-refractivity contribution in [1.82, 2.24) is 10.5 Å². The van der Waals surface area contributed by atoms with Gasteiger partial charge in [0.25, 0.3) is 0 Å². The maximum Gasteiger partial charge on any atom is 0.138 e. The highest BCUT2D eigenvalue weighted by Gasteiger charge is 2.07. The van der Waals surface area contributed by atoms with Gasteiger partial charge in [-0.2, -0.15) is 0 Å². The van der Waals surface area contributed by atoms with Crippen molar-refractivity contribution in [3.8, 4) is 0 Å². The minimum Gasteiger partial charge on any atom is -0.378 e. The van der Waals surface area contributed by atoms with Crippen LogP contribution in [0.25, 0.3) is 0 Å². The summed E-state index contributed by atoms with van der Waals surface area (Å²) in [7, 11) is 4.09. The summed E-state index contributed by atoms with van der Waals surface area (Å²) in [6.45, 7) is 5.55. The van der Waals surface area contributed by atoms with E-state index in [0.717, 1.165) is 30.1 Å². The molecule has 4 heteroatoms. The summed E-state index contributed by atoms with van der Waals surface area (Å²) < 4.78 is 5.14. The molecule has 0 aliphatic carbocycles. The molecule has 0 bridgehead atoms. The molecule has 0 saturated heterocycles. The Kier molecular flexibility index (Phi) is 4.22. The van der Waals surface area contributed by atoms with E-state index in [1.807, 2.05) is 27.9 Å². The normalized spacial score (nSPS) is 10.7. The van der Waals surface area contributed by atoms with Gasteiger partial charge in [0.2, 0.25) is 0 Å². The predicted octanol–water partition coefficient (Wildman–Crippen LogP) is 2.65. The van der Waals surface area contributed by atoms with Crippen LogP contribution in [0.2, 0.25) is 0 Å². The van der Waals surface area contributed by atoms with Crippen LogP contribution in [0.15, 0.2) is 28.8 Å². The zero-order valence-corrected chi connectivity index (χ0v) is 12.0. The molecule has 1 aromatic heterocycles. The standard InChI is InChI=1S/C15H21N3O/c1-11-15(12(2)19-17-11)10-16-9-13-5-7-14(8-6-13)18(3)4/h5-8,16H,9-10H2,1-4H3. The van der Waals surface area contributed by atoms with Gasteiger partial charge in [0.1, 0.15) is 5.76 Å². The van der Waals surface area contributed by atoms with Gasteiger partial charge in [0, 0.05) is 38.4 Å². The summed E-state index contributed by atoms with van der Waals surface area (Å²) in [6.07, 6.45) is 0. The van der Waals surface area contributed by atoms with Crippen LogP contribution in [0.1, 0.15) is 22.6 Å². The van der Waals surface area contributed by atoms with Crippen LogP contribution >= 0.6 is 0 Å². The van der Waals surface area contributed by atoms with Gasteiger partial charge in [-0.1, -0.05) is 17.3 Å². The smallest absolute Gasteiger partial charge is 0.138 e. The number of hydrogen-bond donors (Lipinski definition) is 1. The van der Waals surface area contributed by atoms with E-state index < -0.39 is 0 Å². The topological polar surface area (TPSA) is 41.3 Å². The lowest BCUT2D eigenvalue weighted by Gasteiger charge is -2.12. The third kappa shape index (κ3) is 3.35. The SMILES string of the molecule is Cc1noc(C)c1CNCc1ccc(N(C)C)cc1. The van der Waals surface area contributed by atoms with Gasteiger partial charge in [-0.15, -0.1) is 0 Å². The largest absolute Gasteiger partial charge is 0.378 e. The summed E-state index contributed by atoms with van der Waals surface area (Å²) in [5.74, 6) is 0.896. The molecule has 0 saturated carbocycles. The van der Waals surface area contributed by atoms with Crippen molar-refractivity contribution < 1.29 is 4.52 Å². The summed E-state index contributed by atoms with van der Waals surface area (Å²) in [6, 6.07) is 8.56. The van der Waals surface area contributed by atoms with Gasteiger partial charge >= 0.3 is 0 Å². The van der Waals surface area contributed by atoms with E-state index in [9.17, 15) is 0 Å². The zero-order valence-electron chi connectivity index (χ0n) is 12.0. The van der Waals surface area contributed by atoms with Gasteiger partial charge in [-0.25, -0.2) is 0 Å². The Balaban J connectivity index is 1.89. The summed E-state index contributed by atoms with van der Waals surface area (Å²) in [5.41, 5.74) is 4.62. The fourth-order valence-corrected chi connectivity index (χ4v) is 2.00. The molecule has 0 fully saturated rings. The number of hydrogen-bond acceptors (Lipinski definition) is 4. The number of benzene rings is 1. The lowest BCUT2D eigenvalue weighted by atomic mass is 10.1. The van der Waals surface area contributed by atoms with Gasteiger partial charge in [-0.3, -0.25) is 0 Å². The average molecular weight is 259 g/mol. The molecule has 0 atom stereocenters. The Hall–Kier alpha value is -1.81. The van der Waals surface area contributed by atoms with Gasteiger partial charge in [0.05, 0.1) is 5.69 Å². The molecule has 0 unspecified atom stereocenters. The molecule has 2 aromatic rings. The molecule has 19 heavy (non-hydrogen) atoms. The van der Waals surface area contributed by atoms with Crippen LogP contribution in [0, 0.1) is 13.8 Å². The maximum atomic E-state index is 5.14. The van der Waals surface area contributed by atoms with Crippen LogP contribution in [0.5, 0.6) is 0 Å². The molecule has 1 N–H and O–H groups in total. The minimum atomic E-state index is 0.788. The Morgan fingerprint density at radius 3 is 2.32 bits per heavy atom. The van der Waals surface area contributed by atoms with Crippen molar-refractivity contribution in [1.29, 1.82) is 0 Å². The molecule has 0 aliphatic rings. The first-order valence-corrected chi connectivity index (χ1v) is 6.46. The van der Waals surface area contributed by atoms with Crippen molar-refractivity contribution in [2.75, 3.05) is 19.0 Å². The highest BCUT2D eigenvalue weighted by molar-refractivity contribution is 5.45. The number of rotatable bonds is 5. The summed E-state index contributed by atoms with van der Waals surface area (Å²) >= 11 is 0. The summed E-state index contributed by atoms with van der Waals surface area (Å²) in [4.78, 5) is 2.10. The van der Waals surface area contributed by atoms with E-state index in [1.54, 1.807) is 0 Å². The zero-order chi connectivity index (χ0) is 13.8. The Bertz CT molecular complexity index is 509. The number of aryl methyl sites for hydroxylation is 2. The van der Waals surface area contributed by atoms with Crippen molar-refractivity contribution in [2.24, 2.45) is 0 Å². The van der Waals surface area contributed by atoms with Crippen LogP contribution in [-0.2, 0) is 13.1 Å². The molecule has 4 nitrogen and oxygen atoms in total. The molecule has 1 heterocycles. The molecule has 0 spiro atoms. The fourth-order valence-electron chi connectivity index (χ4n) is 2.00.